The monoisotopic (exact) mass is 177 g/mol. The van der Waals surface area contributed by atoms with Gasteiger partial charge in [-0.2, -0.15) is 0 Å². The lowest BCUT2D eigenvalue weighted by molar-refractivity contribution is -0.115. The molecule has 13 heavy (non-hydrogen) atoms. The van der Waals surface area contributed by atoms with Crippen LogP contribution in [0.15, 0.2) is 23.5 Å². The van der Waals surface area contributed by atoms with Crippen LogP contribution in [0.4, 0.5) is 5.95 Å². The number of ketones is 1. The Morgan fingerprint density at radius 3 is 2.54 bits per heavy atom. The Kier molecular flexibility index (Phi) is 3.25. The molecule has 0 saturated heterocycles. The van der Waals surface area contributed by atoms with Crippen molar-refractivity contribution in [2.24, 2.45) is 4.99 Å². The highest BCUT2D eigenvalue weighted by atomic mass is 16.1. The van der Waals surface area contributed by atoms with E-state index in [1.165, 1.54) is 6.92 Å². The molecule has 1 aromatic rings. The predicted octanol–water partition coefficient (Wildman–Crippen LogP) is 1.55. The Hall–Kier alpha value is -1.58. The average molecular weight is 177 g/mol. The molecule has 1 rings (SSSR count). The molecular weight excluding hydrogens is 166 g/mol. The van der Waals surface area contributed by atoms with Gasteiger partial charge in [0.25, 0.3) is 0 Å². The second kappa shape index (κ2) is 4.45. The van der Waals surface area contributed by atoms with Crippen LogP contribution in [-0.2, 0) is 4.79 Å². The van der Waals surface area contributed by atoms with Gasteiger partial charge in [0, 0.05) is 24.5 Å². The van der Waals surface area contributed by atoms with Crippen LogP contribution < -0.4 is 0 Å². The molecule has 0 atom stereocenters. The zero-order valence-corrected chi connectivity index (χ0v) is 7.69. The molecule has 4 nitrogen and oxygen atoms in total. The van der Waals surface area contributed by atoms with Crippen molar-refractivity contribution in [2.45, 2.75) is 20.3 Å². The number of hydrogen-bond donors (Lipinski definition) is 0. The average Bonchev–Trinajstić information content (AvgIpc) is 2.04. The van der Waals surface area contributed by atoms with Crippen LogP contribution in [0.3, 0.4) is 0 Å². The van der Waals surface area contributed by atoms with Gasteiger partial charge in [-0.15, -0.1) is 0 Å². The summed E-state index contributed by atoms with van der Waals surface area (Å²) in [5.41, 5.74) is 0.735. The Labute approximate surface area is 76.8 Å². The number of rotatable bonds is 3. The first-order valence-electron chi connectivity index (χ1n) is 3.99. The van der Waals surface area contributed by atoms with E-state index in [1.54, 1.807) is 25.4 Å². The van der Waals surface area contributed by atoms with E-state index in [2.05, 4.69) is 15.0 Å². The van der Waals surface area contributed by atoms with Crippen molar-refractivity contribution in [2.75, 3.05) is 0 Å². The Morgan fingerprint density at radius 1 is 1.38 bits per heavy atom. The first-order valence-corrected chi connectivity index (χ1v) is 3.99. The topological polar surface area (TPSA) is 55.2 Å². The number of aliphatic imine (C=N–C) groups is 1. The Bertz CT molecular complexity index is 319. The molecule has 68 valence electrons. The van der Waals surface area contributed by atoms with Crippen molar-refractivity contribution in [3.05, 3.63) is 18.5 Å². The summed E-state index contributed by atoms with van der Waals surface area (Å²) in [5, 5.41) is 0. The molecule has 4 heteroatoms. The highest BCUT2D eigenvalue weighted by Crippen LogP contribution is 2.02. The van der Waals surface area contributed by atoms with Gasteiger partial charge in [0.1, 0.15) is 5.78 Å². The zero-order chi connectivity index (χ0) is 9.68. The first-order chi connectivity index (χ1) is 6.18. The molecule has 1 heterocycles. The third-order valence-corrected chi connectivity index (χ3v) is 1.35. The van der Waals surface area contributed by atoms with E-state index >= 15 is 0 Å². The van der Waals surface area contributed by atoms with Crippen molar-refractivity contribution in [3.63, 3.8) is 0 Å². The first kappa shape index (κ1) is 9.51. The smallest absolute Gasteiger partial charge is 0.249 e. The van der Waals surface area contributed by atoms with E-state index < -0.39 is 0 Å². The molecule has 0 N–H and O–H groups in total. The fourth-order valence-electron chi connectivity index (χ4n) is 0.919. The number of carbonyl (C=O) groups is 1. The number of aromatic nitrogens is 2. The summed E-state index contributed by atoms with van der Waals surface area (Å²) >= 11 is 0. The SMILES string of the molecule is CC(=O)CC(C)=Nc1ncccn1. The number of nitrogens with zero attached hydrogens (tertiary/aromatic N) is 3. The number of carbonyl (C=O) groups excluding carboxylic acids is 1. The molecule has 0 aliphatic heterocycles. The van der Waals surface area contributed by atoms with E-state index in [0.717, 1.165) is 5.71 Å². The highest BCUT2D eigenvalue weighted by molar-refractivity contribution is 6.00. The van der Waals surface area contributed by atoms with Gasteiger partial charge in [0.15, 0.2) is 0 Å². The van der Waals surface area contributed by atoms with E-state index in [1.807, 2.05) is 0 Å². The fourth-order valence-corrected chi connectivity index (χ4v) is 0.919. The van der Waals surface area contributed by atoms with Crippen LogP contribution in [0.5, 0.6) is 0 Å². The quantitative estimate of drug-likeness (QED) is 0.658. The maximum atomic E-state index is 10.7. The summed E-state index contributed by atoms with van der Waals surface area (Å²) in [4.78, 5) is 22.6. The molecule has 0 unspecified atom stereocenters. The zero-order valence-electron chi connectivity index (χ0n) is 7.69. The highest BCUT2D eigenvalue weighted by Gasteiger charge is 1.97. The van der Waals surface area contributed by atoms with E-state index in [-0.39, 0.29) is 5.78 Å². The molecule has 0 radical (unpaired) electrons. The maximum Gasteiger partial charge on any atom is 0.249 e. The number of hydrogen-bond acceptors (Lipinski definition) is 4. The molecule has 0 spiro atoms. The van der Waals surface area contributed by atoms with Crippen LogP contribution in [0.1, 0.15) is 20.3 Å². The molecule has 0 bridgehead atoms. The van der Waals surface area contributed by atoms with Crippen molar-refractivity contribution in [1.29, 1.82) is 0 Å². The summed E-state index contributed by atoms with van der Waals surface area (Å²) in [7, 11) is 0. The molecule has 0 saturated carbocycles. The van der Waals surface area contributed by atoms with Gasteiger partial charge in [0.2, 0.25) is 5.95 Å². The minimum absolute atomic E-state index is 0.0946. The van der Waals surface area contributed by atoms with Gasteiger partial charge in [-0.25, -0.2) is 15.0 Å². The molecule has 0 fully saturated rings. The molecule has 0 aromatic carbocycles. The maximum absolute atomic E-state index is 10.7. The standard InChI is InChI=1S/C9H11N3O/c1-7(6-8(2)13)12-9-10-4-3-5-11-9/h3-5H,6H2,1-2H3. The van der Waals surface area contributed by atoms with Crippen LogP contribution in [0.25, 0.3) is 0 Å². The van der Waals surface area contributed by atoms with Gasteiger partial charge in [-0.3, -0.25) is 4.79 Å². The normalized spacial score (nSPS) is 11.4. The van der Waals surface area contributed by atoms with Gasteiger partial charge in [0.05, 0.1) is 0 Å². The van der Waals surface area contributed by atoms with E-state index in [4.69, 9.17) is 0 Å². The Morgan fingerprint density at radius 2 is 2.00 bits per heavy atom. The number of Topliss-reactive ketones (excluding diaryl/α,β-unsaturated/α-hetero) is 1. The molecule has 1 aromatic heterocycles. The summed E-state index contributed by atoms with van der Waals surface area (Å²) in [5.74, 6) is 0.499. The van der Waals surface area contributed by atoms with Crippen LogP contribution >= 0.6 is 0 Å². The summed E-state index contributed by atoms with van der Waals surface area (Å²) in [6.45, 7) is 3.32. The van der Waals surface area contributed by atoms with Crippen LogP contribution in [0.2, 0.25) is 0 Å². The van der Waals surface area contributed by atoms with Gasteiger partial charge < -0.3 is 0 Å². The van der Waals surface area contributed by atoms with Crippen molar-refractivity contribution in [3.8, 4) is 0 Å². The molecule has 0 aliphatic rings. The third kappa shape index (κ3) is 3.55. The lowest BCUT2D eigenvalue weighted by atomic mass is 10.2. The molecule has 0 aliphatic carbocycles. The van der Waals surface area contributed by atoms with E-state index in [0.29, 0.717) is 12.4 Å². The summed E-state index contributed by atoms with van der Waals surface area (Å²) in [6.07, 6.45) is 3.60. The second-order valence-corrected chi connectivity index (χ2v) is 2.77. The van der Waals surface area contributed by atoms with Crippen molar-refractivity contribution >= 4 is 17.4 Å². The van der Waals surface area contributed by atoms with Crippen LogP contribution in [-0.4, -0.2) is 21.5 Å². The van der Waals surface area contributed by atoms with Crippen molar-refractivity contribution in [1.82, 2.24) is 9.97 Å². The largest absolute Gasteiger partial charge is 0.300 e. The fraction of sp³-hybridized carbons (Fsp3) is 0.333. The second-order valence-electron chi connectivity index (χ2n) is 2.77. The summed E-state index contributed by atoms with van der Waals surface area (Å²) in [6, 6.07) is 1.72. The third-order valence-electron chi connectivity index (χ3n) is 1.35. The van der Waals surface area contributed by atoms with Crippen molar-refractivity contribution < 1.29 is 4.79 Å². The molecule has 0 amide bonds. The Balaban J connectivity index is 2.71. The lowest BCUT2D eigenvalue weighted by Crippen LogP contribution is -1.99. The minimum Gasteiger partial charge on any atom is -0.300 e. The summed E-state index contributed by atoms with van der Waals surface area (Å²) < 4.78 is 0. The lowest BCUT2D eigenvalue weighted by Gasteiger charge is -1.94. The van der Waals surface area contributed by atoms with Gasteiger partial charge in [-0.1, -0.05) is 0 Å². The van der Waals surface area contributed by atoms with Gasteiger partial charge in [-0.05, 0) is 19.9 Å². The van der Waals surface area contributed by atoms with Crippen LogP contribution in [0, 0.1) is 0 Å². The van der Waals surface area contributed by atoms with Gasteiger partial charge >= 0.3 is 0 Å². The van der Waals surface area contributed by atoms with E-state index in [9.17, 15) is 4.79 Å². The molecular formula is C9H11N3O. The predicted molar refractivity (Wildman–Crippen MR) is 50.1 cm³/mol. The minimum atomic E-state index is 0.0946.